The van der Waals surface area contributed by atoms with E-state index in [9.17, 15) is 4.79 Å². The molecule has 5 nitrogen and oxygen atoms in total. The number of amides is 1. The van der Waals surface area contributed by atoms with Crippen molar-refractivity contribution in [1.29, 1.82) is 0 Å². The maximum atomic E-state index is 11.8. The lowest BCUT2D eigenvalue weighted by Gasteiger charge is -2.31. The summed E-state index contributed by atoms with van der Waals surface area (Å²) in [6.07, 6.45) is 0. The number of nitrogens with zero attached hydrogens (tertiary/aromatic N) is 3. The van der Waals surface area contributed by atoms with Gasteiger partial charge in [0.1, 0.15) is 0 Å². The Bertz CT molecular complexity index is 313. The van der Waals surface area contributed by atoms with E-state index >= 15 is 0 Å². The van der Waals surface area contributed by atoms with E-state index in [1.807, 2.05) is 4.90 Å². The highest BCUT2D eigenvalue weighted by atomic mass is 32.1. The van der Waals surface area contributed by atoms with Gasteiger partial charge in [0.05, 0.1) is 0 Å². The van der Waals surface area contributed by atoms with Crippen LogP contribution in [-0.4, -0.2) is 46.1 Å². The Balaban J connectivity index is 2.04. The van der Waals surface area contributed by atoms with Gasteiger partial charge in [-0.3, -0.25) is 4.79 Å². The molecule has 1 aromatic heterocycles. The van der Waals surface area contributed by atoms with Crippen LogP contribution in [0.2, 0.25) is 0 Å². The molecular weight excluding hydrogens is 200 g/mol. The van der Waals surface area contributed by atoms with Crippen LogP contribution in [0, 0.1) is 0 Å². The van der Waals surface area contributed by atoms with Crippen molar-refractivity contribution in [2.45, 2.75) is 13.0 Å². The molecule has 14 heavy (non-hydrogen) atoms. The van der Waals surface area contributed by atoms with E-state index in [2.05, 4.69) is 21.8 Å². The second-order valence-corrected chi connectivity index (χ2v) is 4.01. The Labute approximate surface area is 86.3 Å². The van der Waals surface area contributed by atoms with Gasteiger partial charge >= 0.3 is 0 Å². The van der Waals surface area contributed by atoms with Gasteiger partial charge in [-0.2, -0.15) is 0 Å². The van der Waals surface area contributed by atoms with Crippen molar-refractivity contribution < 1.29 is 4.79 Å². The summed E-state index contributed by atoms with van der Waals surface area (Å²) in [6, 6.07) is 0.360. The van der Waals surface area contributed by atoms with Crippen molar-refractivity contribution >= 4 is 17.4 Å². The zero-order valence-electron chi connectivity index (χ0n) is 7.93. The van der Waals surface area contributed by atoms with Crippen molar-refractivity contribution in [2.75, 3.05) is 19.6 Å². The molecule has 0 spiro atoms. The third-order valence-corrected chi connectivity index (χ3v) is 2.74. The molecule has 0 bridgehead atoms. The molecule has 0 saturated carbocycles. The number of hydrogen-bond donors (Lipinski definition) is 1. The van der Waals surface area contributed by atoms with Gasteiger partial charge in [-0.25, -0.2) is 0 Å². The van der Waals surface area contributed by atoms with Gasteiger partial charge in [0.25, 0.3) is 5.91 Å². The molecule has 1 amide bonds. The van der Waals surface area contributed by atoms with Crippen LogP contribution in [0.25, 0.3) is 0 Å². The van der Waals surface area contributed by atoms with Crippen molar-refractivity contribution in [2.24, 2.45) is 0 Å². The Hall–Kier alpha value is -1.01. The zero-order chi connectivity index (χ0) is 9.97. The van der Waals surface area contributed by atoms with Crippen molar-refractivity contribution in [1.82, 2.24) is 19.8 Å². The SMILES string of the molecule is CC1CN(C(=O)c2csnn2)CCN1. The predicted molar refractivity (Wildman–Crippen MR) is 53.3 cm³/mol. The fraction of sp³-hybridized carbons (Fsp3) is 0.625. The van der Waals surface area contributed by atoms with Gasteiger partial charge in [-0.15, -0.1) is 5.10 Å². The summed E-state index contributed by atoms with van der Waals surface area (Å²) in [6.45, 7) is 4.42. The van der Waals surface area contributed by atoms with E-state index in [-0.39, 0.29) is 5.91 Å². The van der Waals surface area contributed by atoms with Crippen LogP contribution in [0.4, 0.5) is 0 Å². The van der Waals surface area contributed by atoms with Gasteiger partial charge in [-0.05, 0) is 18.5 Å². The van der Waals surface area contributed by atoms with Crippen LogP contribution in [0.15, 0.2) is 5.38 Å². The highest BCUT2D eigenvalue weighted by molar-refractivity contribution is 7.03. The molecular formula is C8H12N4OS. The first kappa shape index (κ1) is 9.54. The number of aromatic nitrogens is 2. The van der Waals surface area contributed by atoms with Gasteiger partial charge < -0.3 is 10.2 Å². The Morgan fingerprint density at radius 2 is 2.64 bits per heavy atom. The average Bonchev–Trinajstić information content (AvgIpc) is 2.69. The minimum absolute atomic E-state index is 0.00731. The zero-order valence-corrected chi connectivity index (χ0v) is 8.75. The van der Waals surface area contributed by atoms with Crippen molar-refractivity contribution in [3.05, 3.63) is 11.1 Å². The van der Waals surface area contributed by atoms with Crippen LogP contribution in [0.1, 0.15) is 17.4 Å². The van der Waals surface area contributed by atoms with Crippen LogP contribution in [0.3, 0.4) is 0 Å². The van der Waals surface area contributed by atoms with E-state index in [1.165, 1.54) is 11.5 Å². The minimum atomic E-state index is -0.00731. The highest BCUT2D eigenvalue weighted by Gasteiger charge is 2.22. The number of nitrogens with one attached hydrogen (secondary N) is 1. The molecule has 1 N–H and O–H groups in total. The second-order valence-electron chi connectivity index (χ2n) is 3.40. The number of piperazine rings is 1. The lowest BCUT2D eigenvalue weighted by molar-refractivity contribution is 0.0703. The summed E-state index contributed by atoms with van der Waals surface area (Å²) in [5.74, 6) is -0.00731. The van der Waals surface area contributed by atoms with Crippen LogP contribution >= 0.6 is 11.5 Å². The summed E-state index contributed by atoms with van der Waals surface area (Å²) in [5.41, 5.74) is 0.462. The molecule has 2 rings (SSSR count). The summed E-state index contributed by atoms with van der Waals surface area (Å²) >= 11 is 1.21. The lowest BCUT2D eigenvalue weighted by Crippen LogP contribution is -2.51. The lowest BCUT2D eigenvalue weighted by atomic mass is 10.2. The number of carbonyl (C=O) groups excluding carboxylic acids is 1. The molecule has 76 valence electrons. The van der Waals surface area contributed by atoms with E-state index < -0.39 is 0 Å². The molecule has 1 fully saturated rings. The summed E-state index contributed by atoms with van der Waals surface area (Å²) in [7, 11) is 0. The smallest absolute Gasteiger partial charge is 0.275 e. The summed E-state index contributed by atoms with van der Waals surface area (Å²) < 4.78 is 3.69. The maximum absolute atomic E-state index is 11.8. The number of hydrogen-bond acceptors (Lipinski definition) is 5. The fourth-order valence-corrected chi connectivity index (χ4v) is 1.97. The third kappa shape index (κ3) is 1.91. The van der Waals surface area contributed by atoms with Gasteiger partial charge in [-0.1, -0.05) is 4.49 Å². The van der Waals surface area contributed by atoms with Crippen LogP contribution in [-0.2, 0) is 0 Å². The molecule has 0 aliphatic carbocycles. The first-order valence-corrected chi connectivity index (χ1v) is 5.41. The second kappa shape index (κ2) is 4.02. The monoisotopic (exact) mass is 212 g/mol. The average molecular weight is 212 g/mol. The summed E-state index contributed by atoms with van der Waals surface area (Å²) in [4.78, 5) is 13.6. The number of rotatable bonds is 1. The molecule has 0 aromatic carbocycles. The first-order chi connectivity index (χ1) is 6.77. The highest BCUT2D eigenvalue weighted by Crippen LogP contribution is 2.06. The van der Waals surface area contributed by atoms with Gasteiger partial charge in [0, 0.05) is 31.1 Å². The normalized spacial score (nSPS) is 22.4. The largest absolute Gasteiger partial charge is 0.334 e. The molecule has 1 unspecified atom stereocenters. The Morgan fingerprint density at radius 3 is 3.29 bits per heavy atom. The first-order valence-electron chi connectivity index (χ1n) is 4.57. The Kier molecular flexibility index (Phi) is 2.74. The van der Waals surface area contributed by atoms with E-state index in [1.54, 1.807) is 5.38 Å². The molecule has 0 radical (unpaired) electrons. The van der Waals surface area contributed by atoms with Crippen LogP contribution in [0.5, 0.6) is 0 Å². The molecule has 1 aliphatic rings. The van der Waals surface area contributed by atoms with E-state index in [4.69, 9.17) is 0 Å². The van der Waals surface area contributed by atoms with Crippen molar-refractivity contribution in [3.8, 4) is 0 Å². The quantitative estimate of drug-likeness (QED) is 0.710. The van der Waals surface area contributed by atoms with Gasteiger partial charge in [0.2, 0.25) is 0 Å². The minimum Gasteiger partial charge on any atom is -0.334 e. The molecule has 1 aromatic rings. The standard InChI is InChI=1S/C8H12N4OS/c1-6-4-12(3-2-9-6)8(13)7-5-14-11-10-7/h5-6,9H,2-4H2,1H3. The fourth-order valence-electron chi connectivity index (χ4n) is 1.54. The number of carbonyl (C=O) groups is 1. The molecule has 1 atom stereocenters. The third-order valence-electron chi connectivity index (χ3n) is 2.24. The van der Waals surface area contributed by atoms with Gasteiger partial charge in [0.15, 0.2) is 5.69 Å². The molecule has 2 heterocycles. The molecule has 1 aliphatic heterocycles. The van der Waals surface area contributed by atoms with Crippen LogP contribution < -0.4 is 5.32 Å². The topological polar surface area (TPSA) is 58.1 Å². The Morgan fingerprint density at radius 1 is 1.79 bits per heavy atom. The summed E-state index contributed by atoms with van der Waals surface area (Å²) in [5, 5.41) is 8.75. The predicted octanol–water partition coefficient (Wildman–Crippen LogP) is -0.0280. The molecule has 6 heteroatoms. The van der Waals surface area contributed by atoms with Crippen molar-refractivity contribution in [3.63, 3.8) is 0 Å². The molecule has 1 saturated heterocycles. The van der Waals surface area contributed by atoms with E-state index in [0.29, 0.717) is 11.7 Å². The maximum Gasteiger partial charge on any atom is 0.275 e. The van der Waals surface area contributed by atoms with E-state index in [0.717, 1.165) is 19.6 Å².